The molecule has 4 aromatic rings. The Morgan fingerprint density at radius 2 is 2.07 bits per heavy atom. The molecule has 0 aliphatic carbocycles. The highest BCUT2D eigenvalue weighted by molar-refractivity contribution is 6.33. The lowest BCUT2D eigenvalue weighted by atomic mass is 10.3. The summed E-state index contributed by atoms with van der Waals surface area (Å²) >= 11 is 11.8. The minimum Gasteiger partial charge on any atom is -0.343 e. The Labute approximate surface area is 161 Å². The first-order valence-corrected chi connectivity index (χ1v) is 8.30. The maximum absolute atomic E-state index is 8.89. The van der Waals surface area contributed by atoms with Crippen LogP contribution in [0.15, 0.2) is 24.7 Å². The Morgan fingerprint density at radius 3 is 2.81 bits per heavy atom. The molecule has 0 bridgehead atoms. The molecule has 0 saturated heterocycles. The van der Waals surface area contributed by atoms with Gasteiger partial charge in [0.15, 0.2) is 16.8 Å². The molecule has 134 valence electrons. The molecule has 1 N–H and O–H groups in total. The molecule has 0 radical (unpaired) electrons. The standard InChI is InChI=1S/C14H9Cl2N11/c1-7(21-14-24-23-12-10(15)22-13(16)25-27(12)14)11-19-6-20-26(11)9-3-2-8(4-17)5-18-9/h2-3,5-7H,1H3,(H,21,24). The van der Waals surface area contributed by atoms with Gasteiger partial charge in [0.2, 0.25) is 16.9 Å². The van der Waals surface area contributed by atoms with Crippen molar-refractivity contribution in [3.63, 3.8) is 0 Å². The fourth-order valence-corrected chi connectivity index (χ4v) is 2.79. The number of aromatic nitrogens is 9. The van der Waals surface area contributed by atoms with Gasteiger partial charge in [-0.25, -0.2) is 15.0 Å². The Hall–Kier alpha value is -3.36. The van der Waals surface area contributed by atoms with E-state index in [1.54, 1.807) is 16.8 Å². The highest BCUT2D eigenvalue weighted by atomic mass is 35.5. The van der Waals surface area contributed by atoms with E-state index in [1.165, 1.54) is 17.0 Å². The van der Waals surface area contributed by atoms with Gasteiger partial charge in [0, 0.05) is 6.20 Å². The molecule has 11 nitrogen and oxygen atoms in total. The normalized spacial score (nSPS) is 12.1. The van der Waals surface area contributed by atoms with Gasteiger partial charge < -0.3 is 5.32 Å². The average Bonchev–Trinajstić information content (AvgIpc) is 3.29. The average molecular weight is 402 g/mol. The molecule has 0 spiro atoms. The highest BCUT2D eigenvalue weighted by Crippen LogP contribution is 2.21. The molecule has 13 heteroatoms. The molecule has 4 heterocycles. The van der Waals surface area contributed by atoms with E-state index in [2.05, 4.69) is 40.7 Å². The maximum Gasteiger partial charge on any atom is 0.246 e. The maximum atomic E-state index is 8.89. The molecule has 0 aromatic carbocycles. The van der Waals surface area contributed by atoms with Crippen molar-refractivity contribution in [3.8, 4) is 11.9 Å². The molecule has 0 fully saturated rings. The zero-order chi connectivity index (χ0) is 19.0. The van der Waals surface area contributed by atoms with E-state index in [9.17, 15) is 0 Å². The van der Waals surface area contributed by atoms with E-state index in [0.717, 1.165) is 0 Å². The van der Waals surface area contributed by atoms with Gasteiger partial charge in [0.25, 0.3) is 0 Å². The Morgan fingerprint density at radius 1 is 1.22 bits per heavy atom. The van der Waals surface area contributed by atoms with Crippen LogP contribution in [0.3, 0.4) is 0 Å². The van der Waals surface area contributed by atoms with E-state index < -0.39 is 0 Å². The molecule has 0 aliphatic heterocycles. The van der Waals surface area contributed by atoms with Gasteiger partial charge in [-0.3, -0.25) is 0 Å². The fourth-order valence-electron chi connectivity index (χ4n) is 2.39. The Balaban J connectivity index is 1.66. The van der Waals surface area contributed by atoms with Crippen LogP contribution in [0.5, 0.6) is 0 Å². The number of nitrogens with zero attached hydrogens (tertiary/aromatic N) is 10. The second kappa shape index (κ2) is 6.75. The minimum absolute atomic E-state index is 0.0343. The molecule has 27 heavy (non-hydrogen) atoms. The van der Waals surface area contributed by atoms with Crippen molar-refractivity contribution in [1.82, 2.24) is 44.5 Å². The number of nitrogens with one attached hydrogen (secondary N) is 1. The predicted molar refractivity (Wildman–Crippen MR) is 94.5 cm³/mol. The number of fused-ring (bicyclic) bond motifs is 1. The van der Waals surface area contributed by atoms with Crippen LogP contribution >= 0.6 is 23.2 Å². The molecule has 1 atom stereocenters. The monoisotopic (exact) mass is 401 g/mol. The van der Waals surface area contributed by atoms with Crippen LogP contribution in [-0.2, 0) is 0 Å². The third-order valence-electron chi connectivity index (χ3n) is 3.60. The Bertz CT molecular complexity index is 1160. The summed E-state index contributed by atoms with van der Waals surface area (Å²) < 4.78 is 2.91. The lowest BCUT2D eigenvalue weighted by Gasteiger charge is -2.13. The summed E-state index contributed by atoms with van der Waals surface area (Å²) in [5.41, 5.74) is 0.723. The number of rotatable bonds is 4. The third-order valence-corrected chi connectivity index (χ3v) is 4.01. The highest BCUT2D eigenvalue weighted by Gasteiger charge is 2.19. The number of hydrogen-bond donors (Lipinski definition) is 1. The summed E-state index contributed by atoms with van der Waals surface area (Å²) in [5, 5.41) is 28.3. The molecule has 4 rings (SSSR count). The second-order valence-corrected chi connectivity index (χ2v) is 6.04. The van der Waals surface area contributed by atoms with Crippen LogP contribution < -0.4 is 5.32 Å². The zero-order valence-electron chi connectivity index (χ0n) is 13.6. The SMILES string of the molecule is CC(Nc1nnc2c(Cl)nc(Cl)nn12)c1ncnn1-c1ccc(C#N)cn1. The summed E-state index contributed by atoms with van der Waals surface area (Å²) in [4.78, 5) is 12.3. The van der Waals surface area contributed by atoms with Gasteiger partial charge in [-0.05, 0) is 30.7 Å². The van der Waals surface area contributed by atoms with Gasteiger partial charge in [0.1, 0.15) is 12.4 Å². The van der Waals surface area contributed by atoms with E-state index in [-0.39, 0.29) is 22.1 Å². The number of nitriles is 1. The third kappa shape index (κ3) is 3.12. The molecule has 0 amide bonds. The van der Waals surface area contributed by atoms with Crippen molar-refractivity contribution < 1.29 is 0 Å². The molecular weight excluding hydrogens is 393 g/mol. The summed E-state index contributed by atoms with van der Waals surface area (Å²) in [6, 6.07) is 5.01. The van der Waals surface area contributed by atoms with Gasteiger partial charge in [-0.2, -0.15) is 19.6 Å². The first-order valence-electron chi connectivity index (χ1n) is 7.54. The van der Waals surface area contributed by atoms with E-state index in [0.29, 0.717) is 23.2 Å². The fraction of sp³-hybridized carbons (Fsp3) is 0.143. The minimum atomic E-state index is -0.343. The van der Waals surface area contributed by atoms with Crippen molar-refractivity contribution in [1.29, 1.82) is 5.26 Å². The number of anilines is 1. The largest absolute Gasteiger partial charge is 0.343 e. The predicted octanol–water partition coefficient (Wildman–Crippen LogP) is 1.85. The van der Waals surface area contributed by atoms with Crippen LogP contribution in [0.2, 0.25) is 10.4 Å². The number of halogens is 2. The second-order valence-electron chi connectivity index (χ2n) is 5.34. The summed E-state index contributed by atoms with van der Waals surface area (Å²) in [6.45, 7) is 1.86. The van der Waals surface area contributed by atoms with Crippen molar-refractivity contribution in [2.45, 2.75) is 13.0 Å². The smallest absolute Gasteiger partial charge is 0.246 e. The van der Waals surface area contributed by atoms with Crippen LogP contribution in [0, 0.1) is 11.3 Å². The topological polar surface area (TPSA) is 135 Å². The van der Waals surface area contributed by atoms with E-state index in [1.807, 2.05) is 13.0 Å². The van der Waals surface area contributed by atoms with Gasteiger partial charge >= 0.3 is 0 Å². The Kier molecular flexibility index (Phi) is 4.27. The zero-order valence-corrected chi connectivity index (χ0v) is 15.1. The molecule has 1 unspecified atom stereocenters. The van der Waals surface area contributed by atoms with Crippen molar-refractivity contribution in [3.05, 3.63) is 46.5 Å². The van der Waals surface area contributed by atoms with E-state index in [4.69, 9.17) is 28.5 Å². The van der Waals surface area contributed by atoms with Crippen LogP contribution in [0.25, 0.3) is 11.5 Å². The molecular formula is C14H9Cl2N11. The van der Waals surface area contributed by atoms with Crippen molar-refractivity contribution in [2.24, 2.45) is 0 Å². The van der Waals surface area contributed by atoms with E-state index >= 15 is 0 Å². The van der Waals surface area contributed by atoms with Crippen LogP contribution in [0.1, 0.15) is 24.4 Å². The van der Waals surface area contributed by atoms with Crippen LogP contribution in [-0.4, -0.2) is 44.5 Å². The summed E-state index contributed by atoms with van der Waals surface area (Å²) in [7, 11) is 0. The molecule has 4 aromatic heterocycles. The first-order chi connectivity index (χ1) is 13.1. The number of pyridine rings is 1. The lowest BCUT2D eigenvalue weighted by Crippen LogP contribution is -2.16. The van der Waals surface area contributed by atoms with Gasteiger partial charge in [0.05, 0.1) is 11.6 Å². The lowest BCUT2D eigenvalue weighted by molar-refractivity contribution is 0.701. The first kappa shape index (κ1) is 17.1. The molecule has 0 saturated carbocycles. The van der Waals surface area contributed by atoms with Gasteiger partial charge in [-0.1, -0.05) is 11.6 Å². The number of hydrogen-bond acceptors (Lipinski definition) is 9. The van der Waals surface area contributed by atoms with Gasteiger partial charge in [-0.15, -0.1) is 15.3 Å². The quantitative estimate of drug-likeness (QED) is 0.542. The molecule has 0 aliphatic rings. The van der Waals surface area contributed by atoms with Crippen molar-refractivity contribution in [2.75, 3.05) is 5.32 Å². The summed E-state index contributed by atoms with van der Waals surface area (Å²) in [6.07, 6.45) is 2.87. The van der Waals surface area contributed by atoms with Crippen LogP contribution in [0.4, 0.5) is 5.95 Å². The van der Waals surface area contributed by atoms with Crippen molar-refractivity contribution >= 4 is 34.8 Å². The summed E-state index contributed by atoms with van der Waals surface area (Å²) in [5.74, 6) is 1.40.